The fraction of sp³-hybridized carbons (Fsp3) is 0.231. The Balaban J connectivity index is 1.42. The highest BCUT2D eigenvalue weighted by molar-refractivity contribution is 7.92. The van der Waals surface area contributed by atoms with Gasteiger partial charge in [-0.1, -0.05) is 18.2 Å². The van der Waals surface area contributed by atoms with Crippen LogP contribution in [0.15, 0.2) is 71.6 Å². The zero-order valence-electron chi connectivity index (χ0n) is 20.1. The summed E-state index contributed by atoms with van der Waals surface area (Å²) < 4.78 is 44.1. The van der Waals surface area contributed by atoms with E-state index >= 15 is 0 Å². The first-order chi connectivity index (χ1) is 17.2. The fourth-order valence-corrected chi connectivity index (χ4v) is 4.73. The topological polar surface area (TPSA) is 111 Å². The third kappa shape index (κ3) is 5.44. The number of carbonyl (C=O) groups excluding carboxylic acids is 2. The van der Waals surface area contributed by atoms with E-state index in [1.807, 2.05) is 19.9 Å². The van der Waals surface area contributed by atoms with Crippen molar-refractivity contribution in [1.82, 2.24) is 0 Å². The zero-order valence-corrected chi connectivity index (χ0v) is 20.9. The molecule has 1 atom stereocenters. The maximum absolute atomic E-state index is 13.0. The molecule has 1 N–H and O–H groups in total. The van der Waals surface area contributed by atoms with Gasteiger partial charge in [-0.2, -0.15) is 0 Å². The minimum Gasteiger partial charge on any atom is -0.484 e. The first-order valence-electron chi connectivity index (χ1n) is 11.1. The van der Waals surface area contributed by atoms with Gasteiger partial charge in [0.2, 0.25) is 6.10 Å². The number of anilines is 2. The van der Waals surface area contributed by atoms with Crippen molar-refractivity contribution in [1.29, 1.82) is 0 Å². The van der Waals surface area contributed by atoms with Gasteiger partial charge in [-0.25, -0.2) is 13.2 Å². The Labute approximate surface area is 209 Å². The van der Waals surface area contributed by atoms with E-state index in [-0.39, 0.29) is 18.0 Å². The van der Waals surface area contributed by atoms with Crippen molar-refractivity contribution in [3.05, 3.63) is 77.9 Å². The largest absolute Gasteiger partial charge is 0.484 e. The lowest BCUT2D eigenvalue weighted by molar-refractivity contribution is -0.148. The second-order valence-corrected chi connectivity index (χ2v) is 9.95. The third-order valence-corrected chi connectivity index (χ3v) is 7.19. The van der Waals surface area contributed by atoms with Crippen molar-refractivity contribution >= 4 is 33.3 Å². The van der Waals surface area contributed by atoms with Crippen LogP contribution < -0.4 is 19.1 Å². The Hall–Kier alpha value is -4.05. The average molecular weight is 511 g/mol. The summed E-state index contributed by atoms with van der Waals surface area (Å²) in [6, 6.07) is 18.0. The van der Waals surface area contributed by atoms with Gasteiger partial charge in [-0.3, -0.25) is 9.52 Å². The molecule has 188 valence electrons. The minimum absolute atomic E-state index is 0.0206. The summed E-state index contributed by atoms with van der Waals surface area (Å²) >= 11 is 0. The molecule has 1 amide bonds. The van der Waals surface area contributed by atoms with Crippen LogP contribution in [0.2, 0.25) is 0 Å². The number of fused-ring (bicyclic) bond motifs is 1. The molecule has 0 saturated heterocycles. The van der Waals surface area contributed by atoms with Crippen molar-refractivity contribution in [2.75, 3.05) is 29.9 Å². The van der Waals surface area contributed by atoms with Gasteiger partial charge in [0.05, 0.1) is 24.2 Å². The van der Waals surface area contributed by atoms with Crippen LogP contribution in [0.5, 0.6) is 11.5 Å². The molecule has 0 radical (unpaired) electrons. The summed E-state index contributed by atoms with van der Waals surface area (Å²) in [5, 5.41) is 0. The van der Waals surface area contributed by atoms with Crippen molar-refractivity contribution < 1.29 is 32.2 Å². The number of ether oxygens (including phenoxy) is 3. The summed E-state index contributed by atoms with van der Waals surface area (Å²) in [5.41, 5.74) is 3.03. The molecule has 36 heavy (non-hydrogen) atoms. The number of esters is 1. The van der Waals surface area contributed by atoms with Crippen LogP contribution in [0.25, 0.3) is 0 Å². The molecule has 4 rings (SSSR count). The van der Waals surface area contributed by atoms with E-state index in [0.29, 0.717) is 22.9 Å². The van der Waals surface area contributed by atoms with Gasteiger partial charge < -0.3 is 19.1 Å². The van der Waals surface area contributed by atoms with Gasteiger partial charge in [0.15, 0.2) is 6.61 Å². The number of rotatable bonds is 7. The predicted molar refractivity (Wildman–Crippen MR) is 134 cm³/mol. The number of benzene rings is 3. The van der Waals surface area contributed by atoms with Gasteiger partial charge in [-0.15, -0.1) is 0 Å². The van der Waals surface area contributed by atoms with E-state index in [9.17, 15) is 18.0 Å². The van der Waals surface area contributed by atoms with Gasteiger partial charge in [0, 0.05) is 5.69 Å². The highest BCUT2D eigenvalue weighted by Crippen LogP contribution is 2.33. The summed E-state index contributed by atoms with van der Waals surface area (Å²) in [6.45, 7) is 3.51. The lowest BCUT2D eigenvalue weighted by Gasteiger charge is -2.33. The van der Waals surface area contributed by atoms with E-state index < -0.39 is 28.0 Å². The van der Waals surface area contributed by atoms with Gasteiger partial charge in [0.25, 0.3) is 15.9 Å². The van der Waals surface area contributed by atoms with E-state index in [4.69, 9.17) is 14.2 Å². The first-order valence-corrected chi connectivity index (χ1v) is 12.6. The normalized spacial score (nSPS) is 14.9. The first kappa shape index (κ1) is 25.1. The molecule has 3 aromatic carbocycles. The molecule has 1 aliphatic rings. The number of methoxy groups -OCH3 is 1. The number of aryl methyl sites for hydroxylation is 2. The van der Waals surface area contributed by atoms with Crippen LogP contribution in [-0.2, 0) is 24.3 Å². The molecular weight excluding hydrogens is 484 g/mol. The van der Waals surface area contributed by atoms with Crippen LogP contribution >= 0.6 is 0 Å². The number of sulfonamides is 1. The minimum atomic E-state index is -3.80. The van der Waals surface area contributed by atoms with Gasteiger partial charge >= 0.3 is 5.97 Å². The SMILES string of the molecule is COC(=O)C1CN(C(=O)COc2ccc(S(=O)(=O)Nc3ccc(C)c(C)c3)cc2)c2ccccc2O1. The Kier molecular flexibility index (Phi) is 7.16. The smallest absolute Gasteiger partial charge is 0.348 e. The molecule has 0 aliphatic carbocycles. The fourth-order valence-electron chi connectivity index (χ4n) is 3.68. The number of hydrogen-bond donors (Lipinski definition) is 1. The molecule has 1 aliphatic heterocycles. The summed E-state index contributed by atoms with van der Waals surface area (Å²) in [5.74, 6) is -0.278. The molecule has 10 heteroatoms. The Morgan fingerprint density at radius 3 is 2.44 bits per heavy atom. The standard InChI is InChI=1S/C26H26N2O7S/c1-17-8-9-19(14-18(17)2)27-36(31,32)21-12-10-20(11-13-21)34-16-25(29)28-15-24(26(30)33-3)35-23-7-5-4-6-22(23)28/h4-14,24,27H,15-16H2,1-3H3. The number of para-hydroxylation sites is 2. The Morgan fingerprint density at radius 2 is 1.75 bits per heavy atom. The van der Waals surface area contributed by atoms with Crippen molar-refractivity contribution in [2.45, 2.75) is 24.8 Å². The zero-order chi connectivity index (χ0) is 25.9. The third-order valence-electron chi connectivity index (χ3n) is 5.79. The molecule has 3 aromatic rings. The maximum atomic E-state index is 13.0. The van der Waals surface area contributed by atoms with Crippen LogP contribution in [0.3, 0.4) is 0 Å². The highest BCUT2D eigenvalue weighted by Gasteiger charge is 2.34. The quantitative estimate of drug-likeness (QED) is 0.485. The number of carbonyl (C=O) groups is 2. The molecule has 0 bridgehead atoms. The number of hydrogen-bond acceptors (Lipinski definition) is 7. The van der Waals surface area contributed by atoms with Crippen molar-refractivity contribution in [3.8, 4) is 11.5 Å². The molecule has 1 unspecified atom stereocenters. The summed E-state index contributed by atoms with van der Waals surface area (Å²) in [7, 11) is -2.54. The molecule has 0 saturated carbocycles. The Bertz CT molecular complexity index is 1390. The highest BCUT2D eigenvalue weighted by atomic mass is 32.2. The van der Waals surface area contributed by atoms with E-state index in [2.05, 4.69) is 4.72 Å². The predicted octanol–water partition coefficient (Wildman–Crippen LogP) is 3.45. The van der Waals surface area contributed by atoms with Crippen LogP contribution in [-0.4, -0.2) is 46.7 Å². The molecular formula is C26H26N2O7S. The summed E-state index contributed by atoms with van der Waals surface area (Å²) in [6.07, 6.45) is -0.955. The maximum Gasteiger partial charge on any atom is 0.348 e. The molecule has 0 aromatic heterocycles. The number of nitrogens with zero attached hydrogens (tertiary/aromatic N) is 1. The molecule has 9 nitrogen and oxygen atoms in total. The van der Waals surface area contributed by atoms with E-state index in [1.54, 1.807) is 36.4 Å². The lowest BCUT2D eigenvalue weighted by atomic mass is 10.1. The lowest BCUT2D eigenvalue weighted by Crippen LogP contribution is -2.48. The van der Waals surface area contributed by atoms with Crippen LogP contribution in [0.1, 0.15) is 11.1 Å². The second kappa shape index (κ2) is 10.3. The Morgan fingerprint density at radius 1 is 1.03 bits per heavy atom. The molecule has 0 fully saturated rings. The van der Waals surface area contributed by atoms with E-state index in [0.717, 1.165) is 11.1 Å². The number of amides is 1. The van der Waals surface area contributed by atoms with Gasteiger partial charge in [-0.05, 0) is 73.5 Å². The number of nitrogens with one attached hydrogen (secondary N) is 1. The van der Waals surface area contributed by atoms with E-state index in [1.165, 1.54) is 36.3 Å². The van der Waals surface area contributed by atoms with Crippen LogP contribution in [0, 0.1) is 13.8 Å². The monoisotopic (exact) mass is 510 g/mol. The molecule has 1 heterocycles. The molecule has 0 spiro atoms. The second-order valence-electron chi connectivity index (χ2n) is 8.27. The van der Waals surface area contributed by atoms with Crippen molar-refractivity contribution in [2.24, 2.45) is 0 Å². The average Bonchev–Trinajstić information content (AvgIpc) is 2.88. The van der Waals surface area contributed by atoms with Crippen LogP contribution in [0.4, 0.5) is 11.4 Å². The summed E-state index contributed by atoms with van der Waals surface area (Å²) in [4.78, 5) is 26.4. The van der Waals surface area contributed by atoms with Gasteiger partial charge in [0.1, 0.15) is 11.5 Å². The van der Waals surface area contributed by atoms with Crippen molar-refractivity contribution in [3.63, 3.8) is 0 Å².